The van der Waals surface area contributed by atoms with Crippen molar-refractivity contribution in [1.82, 2.24) is 4.90 Å². The van der Waals surface area contributed by atoms with Crippen LogP contribution in [0.1, 0.15) is 46.0 Å². The maximum absolute atomic E-state index is 12.5. The monoisotopic (exact) mass is 460 g/mol. The van der Waals surface area contributed by atoms with Gasteiger partial charge in [-0.15, -0.1) is 11.8 Å². The number of nitrogens with one attached hydrogen (secondary N) is 1. The van der Waals surface area contributed by atoms with Crippen LogP contribution < -0.4 is 10.1 Å². The van der Waals surface area contributed by atoms with Crippen LogP contribution in [0.3, 0.4) is 0 Å². The van der Waals surface area contributed by atoms with Crippen molar-refractivity contribution in [3.8, 4) is 5.75 Å². The number of carbonyl (C=O) groups is 3. The van der Waals surface area contributed by atoms with Crippen LogP contribution in [0.4, 0.5) is 5.69 Å². The molecule has 2 aromatic rings. The zero-order chi connectivity index (χ0) is 22.5. The van der Waals surface area contributed by atoms with Gasteiger partial charge in [-0.05, 0) is 56.2 Å². The number of hydrogen-bond donors (Lipinski definition) is 1. The summed E-state index contributed by atoms with van der Waals surface area (Å²) in [6.45, 7) is 4.10. The predicted octanol–water partition coefficient (Wildman–Crippen LogP) is 4.79. The van der Waals surface area contributed by atoms with Gasteiger partial charge in [-0.25, -0.2) is 0 Å². The number of thioether (sulfide) groups is 1. The summed E-state index contributed by atoms with van der Waals surface area (Å²) >= 11 is 7.64. The van der Waals surface area contributed by atoms with E-state index in [2.05, 4.69) is 5.32 Å². The largest absolute Gasteiger partial charge is 0.495 e. The molecular formula is C23H25ClN2O4S. The summed E-state index contributed by atoms with van der Waals surface area (Å²) in [5, 5.41) is 3.21. The highest BCUT2D eigenvalue weighted by molar-refractivity contribution is 8.00. The van der Waals surface area contributed by atoms with Crippen molar-refractivity contribution in [1.29, 1.82) is 0 Å². The van der Waals surface area contributed by atoms with Gasteiger partial charge in [0.1, 0.15) is 5.75 Å². The number of nitrogens with zero attached hydrogens (tertiary/aromatic N) is 1. The summed E-state index contributed by atoms with van der Waals surface area (Å²) in [6, 6.07) is 10.4. The number of halogens is 1. The number of amides is 3. The second kappa shape index (κ2) is 10.2. The Labute approximate surface area is 191 Å². The molecule has 1 unspecified atom stereocenters. The maximum atomic E-state index is 12.5. The molecule has 1 N–H and O–H groups in total. The van der Waals surface area contributed by atoms with Crippen LogP contribution in [0, 0.1) is 6.92 Å². The van der Waals surface area contributed by atoms with Gasteiger partial charge < -0.3 is 10.1 Å². The minimum atomic E-state index is -0.264. The Morgan fingerprint density at radius 1 is 1.16 bits per heavy atom. The van der Waals surface area contributed by atoms with Gasteiger partial charge in [0.05, 0.1) is 29.2 Å². The van der Waals surface area contributed by atoms with E-state index >= 15 is 0 Å². The van der Waals surface area contributed by atoms with E-state index in [0.717, 1.165) is 17.7 Å². The number of hydrogen-bond acceptors (Lipinski definition) is 5. The van der Waals surface area contributed by atoms with Crippen molar-refractivity contribution in [2.45, 2.75) is 31.9 Å². The Morgan fingerprint density at radius 3 is 2.42 bits per heavy atom. The van der Waals surface area contributed by atoms with Gasteiger partial charge in [0, 0.05) is 17.6 Å². The quantitative estimate of drug-likeness (QED) is 0.430. The van der Waals surface area contributed by atoms with E-state index in [1.807, 2.05) is 13.8 Å². The predicted molar refractivity (Wildman–Crippen MR) is 124 cm³/mol. The topological polar surface area (TPSA) is 75.7 Å². The minimum Gasteiger partial charge on any atom is -0.495 e. The summed E-state index contributed by atoms with van der Waals surface area (Å²) in [7, 11) is 1.53. The summed E-state index contributed by atoms with van der Waals surface area (Å²) in [4.78, 5) is 38.6. The van der Waals surface area contributed by atoms with Crippen LogP contribution in [0.2, 0.25) is 5.02 Å². The third-order valence-corrected chi connectivity index (χ3v) is 6.78. The fourth-order valence-corrected chi connectivity index (χ4v) is 4.40. The van der Waals surface area contributed by atoms with Crippen molar-refractivity contribution in [3.05, 3.63) is 58.1 Å². The molecule has 164 valence electrons. The summed E-state index contributed by atoms with van der Waals surface area (Å²) in [5.41, 5.74) is 2.39. The van der Waals surface area contributed by atoms with Gasteiger partial charge in [0.2, 0.25) is 5.91 Å². The van der Waals surface area contributed by atoms with Gasteiger partial charge in [-0.3, -0.25) is 19.3 Å². The number of benzene rings is 2. The fraction of sp³-hybridized carbons (Fsp3) is 0.348. The molecule has 1 atom stereocenters. The van der Waals surface area contributed by atoms with Crippen molar-refractivity contribution < 1.29 is 19.1 Å². The molecule has 1 heterocycles. The number of ether oxygens (including phenoxy) is 1. The molecule has 0 saturated heterocycles. The zero-order valence-corrected chi connectivity index (χ0v) is 19.3. The van der Waals surface area contributed by atoms with Crippen LogP contribution in [0.25, 0.3) is 0 Å². The lowest BCUT2D eigenvalue weighted by Gasteiger charge is -2.16. The van der Waals surface area contributed by atoms with Crippen molar-refractivity contribution >= 4 is 46.8 Å². The van der Waals surface area contributed by atoms with Gasteiger partial charge in [0.15, 0.2) is 0 Å². The Kier molecular flexibility index (Phi) is 7.62. The maximum Gasteiger partial charge on any atom is 0.261 e. The van der Waals surface area contributed by atoms with Gasteiger partial charge in [0.25, 0.3) is 11.8 Å². The van der Waals surface area contributed by atoms with Crippen LogP contribution >= 0.6 is 23.4 Å². The van der Waals surface area contributed by atoms with E-state index in [9.17, 15) is 14.4 Å². The number of imide groups is 1. The molecule has 8 heteroatoms. The van der Waals surface area contributed by atoms with E-state index in [1.165, 1.54) is 23.8 Å². The standard InChI is InChI=1S/C23H25ClN2O4S/c1-14-12-19(20(30-3)13-18(14)24)25-21(27)15(2)31-11-7-6-10-26-22(28)16-8-4-5-9-17(16)23(26)29/h4-5,8-9,12-13,15H,6-7,10-11H2,1-3H3,(H,25,27). The number of fused-ring (bicyclic) bond motifs is 1. The first-order chi connectivity index (χ1) is 14.8. The highest BCUT2D eigenvalue weighted by atomic mass is 35.5. The van der Waals surface area contributed by atoms with E-state index in [0.29, 0.717) is 40.6 Å². The SMILES string of the molecule is COc1cc(Cl)c(C)cc1NC(=O)C(C)SCCCCN1C(=O)c2ccccc2C1=O. The highest BCUT2D eigenvalue weighted by Crippen LogP contribution is 2.31. The van der Waals surface area contributed by atoms with Crippen LogP contribution in [0.5, 0.6) is 5.75 Å². The summed E-state index contributed by atoms with van der Waals surface area (Å²) < 4.78 is 5.30. The Balaban J connectivity index is 1.43. The molecule has 0 fully saturated rings. The molecule has 0 radical (unpaired) electrons. The van der Waals surface area contributed by atoms with Crippen LogP contribution in [0.15, 0.2) is 36.4 Å². The lowest BCUT2D eigenvalue weighted by Crippen LogP contribution is -2.30. The molecule has 0 aromatic heterocycles. The number of rotatable bonds is 9. The second-order valence-electron chi connectivity index (χ2n) is 7.32. The molecule has 0 bridgehead atoms. The molecule has 0 aliphatic carbocycles. The number of anilines is 1. The third-order valence-electron chi connectivity index (χ3n) is 5.13. The molecule has 1 aliphatic heterocycles. The molecule has 2 aromatic carbocycles. The van der Waals surface area contributed by atoms with E-state index in [1.54, 1.807) is 36.4 Å². The molecule has 3 amide bonds. The first-order valence-corrected chi connectivity index (χ1v) is 11.5. The minimum absolute atomic E-state index is 0.120. The van der Waals surface area contributed by atoms with Gasteiger partial charge >= 0.3 is 0 Å². The number of aryl methyl sites for hydroxylation is 1. The number of methoxy groups -OCH3 is 1. The molecule has 0 spiro atoms. The molecule has 1 aliphatic rings. The number of carbonyl (C=O) groups excluding carboxylic acids is 3. The average Bonchev–Trinajstić information content (AvgIpc) is 3.00. The Bertz CT molecular complexity index is 976. The number of unbranched alkanes of at least 4 members (excludes halogenated alkanes) is 1. The molecule has 3 rings (SSSR count). The van der Waals surface area contributed by atoms with Crippen LogP contribution in [-0.4, -0.2) is 47.3 Å². The zero-order valence-electron chi connectivity index (χ0n) is 17.7. The lowest BCUT2D eigenvalue weighted by molar-refractivity contribution is -0.115. The molecule has 6 nitrogen and oxygen atoms in total. The first kappa shape index (κ1) is 23.2. The summed E-state index contributed by atoms with van der Waals surface area (Å²) in [6.07, 6.45) is 1.48. The van der Waals surface area contributed by atoms with Crippen molar-refractivity contribution in [2.24, 2.45) is 0 Å². The van der Waals surface area contributed by atoms with Crippen LogP contribution in [-0.2, 0) is 4.79 Å². The van der Waals surface area contributed by atoms with E-state index in [-0.39, 0.29) is 23.0 Å². The molecule has 0 saturated carbocycles. The third kappa shape index (κ3) is 5.22. The van der Waals surface area contributed by atoms with Gasteiger partial charge in [-0.2, -0.15) is 0 Å². The normalized spacial score (nSPS) is 13.9. The first-order valence-electron chi connectivity index (χ1n) is 10.0. The van der Waals surface area contributed by atoms with Crippen molar-refractivity contribution in [2.75, 3.05) is 24.7 Å². The average molecular weight is 461 g/mol. The molecular weight excluding hydrogens is 436 g/mol. The van der Waals surface area contributed by atoms with E-state index in [4.69, 9.17) is 16.3 Å². The Hall–Kier alpha value is -2.51. The second-order valence-corrected chi connectivity index (χ2v) is 9.17. The van der Waals surface area contributed by atoms with E-state index < -0.39 is 0 Å². The fourth-order valence-electron chi connectivity index (χ4n) is 3.31. The smallest absolute Gasteiger partial charge is 0.261 e. The lowest BCUT2D eigenvalue weighted by atomic mass is 10.1. The molecule has 31 heavy (non-hydrogen) atoms. The Morgan fingerprint density at radius 2 is 1.81 bits per heavy atom. The summed E-state index contributed by atoms with van der Waals surface area (Å²) in [5.74, 6) is 0.683. The van der Waals surface area contributed by atoms with Gasteiger partial charge in [-0.1, -0.05) is 23.7 Å². The van der Waals surface area contributed by atoms with Crippen molar-refractivity contribution in [3.63, 3.8) is 0 Å². The highest BCUT2D eigenvalue weighted by Gasteiger charge is 2.34.